The molecular formula is C10H16ClN3O2S. The van der Waals surface area contributed by atoms with Crippen LogP contribution < -0.4 is 5.32 Å². The van der Waals surface area contributed by atoms with Crippen LogP contribution in [0.5, 0.6) is 0 Å². The van der Waals surface area contributed by atoms with Crippen LogP contribution in [-0.4, -0.2) is 37.0 Å². The lowest BCUT2D eigenvalue weighted by Crippen LogP contribution is -2.30. The van der Waals surface area contributed by atoms with Crippen molar-refractivity contribution in [2.24, 2.45) is 0 Å². The van der Waals surface area contributed by atoms with Gasteiger partial charge >= 0.3 is 0 Å². The minimum absolute atomic E-state index is 0. The predicted octanol–water partition coefficient (Wildman–Crippen LogP) is 0.733. The minimum Gasteiger partial charge on any atom is -0.313 e. The molecule has 1 aliphatic rings. The van der Waals surface area contributed by atoms with Crippen molar-refractivity contribution in [3.63, 3.8) is 0 Å². The number of rotatable bonds is 3. The number of hydrogen-bond acceptors (Lipinski definition) is 5. The van der Waals surface area contributed by atoms with Crippen molar-refractivity contribution in [3.8, 4) is 0 Å². The average Bonchev–Trinajstić information content (AvgIpc) is 2.70. The van der Waals surface area contributed by atoms with Gasteiger partial charge in [-0.15, -0.1) is 17.5 Å². The second kappa shape index (κ2) is 5.75. The molecule has 1 atom stereocenters. The Morgan fingerprint density at radius 1 is 1.41 bits per heavy atom. The Balaban J connectivity index is 0.00000144. The van der Waals surface area contributed by atoms with Gasteiger partial charge in [0.05, 0.1) is 11.4 Å². The van der Waals surface area contributed by atoms with Crippen molar-refractivity contribution in [2.45, 2.75) is 30.8 Å². The summed E-state index contributed by atoms with van der Waals surface area (Å²) in [7, 11) is -3.30. The third-order valence-corrected chi connectivity index (χ3v) is 4.37. The van der Waals surface area contributed by atoms with Gasteiger partial charge in [0, 0.05) is 6.04 Å². The van der Waals surface area contributed by atoms with E-state index in [0.717, 1.165) is 25.1 Å². The van der Waals surface area contributed by atoms with E-state index in [2.05, 4.69) is 15.5 Å². The Morgan fingerprint density at radius 2 is 2.18 bits per heavy atom. The quantitative estimate of drug-likeness (QED) is 0.882. The SMILES string of the molecule is Cc1ccc(S(=O)(=O)CC2CCCN2)nn1.Cl. The van der Waals surface area contributed by atoms with E-state index in [9.17, 15) is 8.42 Å². The first-order valence-corrected chi connectivity index (χ1v) is 7.00. The molecule has 0 spiro atoms. The maximum Gasteiger partial charge on any atom is 0.198 e. The van der Waals surface area contributed by atoms with Gasteiger partial charge in [-0.2, -0.15) is 5.10 Å². The zero-order chi connectivity index (χ0) is 11.6. The molecule has 7 heteroatoms. The third kappa shape index (κ3) is 3.62. The van der Waals surface area contributed by atoms with Crippen LogP contribution in [0.4, 0.5) is 0 Å². The second-order valence-electron chi connectivity index (χ2n) is 4.09. The second-order valence-corrected chi connectivity index (χ2v) is 6.07. The van der Waals surface area contributed by atoms with Gasteiger partial charge in [-0.05, 0) is 38.4 Å². The summed E-state index contributed by atoms with van der Waals surface area (Å²) in [5.41, 5.74) is 0.720. The van der Waals surface area contributed by atoms with E-state index in [1.165, 1.54) is 6.07 Å². The largest absolute Gasteiger partial charge is 0.313 e. The van der Waals surface area contributed by atoms with Gasteiger partial charge in [0.1, 0.15) is 0 Å². The zero-order valence-electron chi connectivity index (χ0n) is 9.59. The highest BCUT2D eigenvalue weighted by molar-refractivity contribution is 7.91. The molecule has 0 aliphatic carbocycles. The van der Waals surface area contributed by atoms with E-state index in [0.29, 0.717) is 0 Å². The van der Waals surface area contributed by atoms with E-state index in [1.54, 1.807) is 13.0 Å². The van der Waals surface area contributed by atoms with Crippen molar-refractivity contribution < 1.29 is 8.42 Å². The van der Waals surface area contributed by atoms with Crippen LogP contribution >= 0.6 is 12.4 Å². The Kier molecular flexibility index (Phi) is 4.85. The summed E-state index contributed by atoms with van der Waals surface area (Å²) in [4.78, 5) is 0. The zero-order valence-corrected chi connectivity index (χ0v) is 11.2. The van der Waals surface area contributed by atoms with Crippen LogP contribution in [-0.2, 0) is 9.84 Å². The molecule has 1 fully saturated rings. The van der Waals surface area contributed by atoms with Crippen LogP contribution in [0.1, 0.15) is 18.5 Å². The first kappa shape index (κ1) is 14.3. The summed E-state index contributed by atoms with van der Waals surface area (Å²) in [6.45, 7) is 2.68. The molecule has 1 aromatic rings. The Hall–Kier alpha value is -0.720. The Bertz CT molecular complexity index is 455. The number of nitrogens with zero attached hydrogens (tertiary/aromatic N) is 2. The van der Waals surface area contributed by atoms with E-state index in [1.807, 2.05) is 0 Å². The highest BCUT2D eigenvalue weighted by atomic mass is 35.5. The molecule has 1 unspecified atom stereocenters. The molecule has 1 N–H and O–H groups in total. The van der Waals surface area contributed by atoms with Crippen molar-refractivity contribution in [2.75, 3.05) is 12.3 Å². The maximum atomic E-state index is 12.0. The summed E-state index contributed by atoms with van der Waals surface area (Å²) in [6.07, 6.45) is 1.96. The maximum absolute atomic E-state index is 12.0. The van der Waals surface area contributed by atoms with E-state index in [4.69, 9.17) is 0 Å². The average molecular weight is 278 g/mol. The van der Waals surface area contributed by atoms with Crippen LogP contribution in [0, 0.1) is 6.92 Å². The lowest BCUT2D eigenvalue weighted by Gasteiger charge is -2.09. The molecule has 1 saturated heterocycles. The molecule has 5 nitrogen and oxygen atoms in total. The summed E-state index contributed by atoms with van der Waals surface area (Å²) in [5, 5.41) is 10.7. The molecule has 0 saturated carbocycles. The molecule has 2 rings (SSSR count). The molecule has 1 aromatic heterocycles. The summed E-state index contributed by atoms with van der Waals surface area (Å²) in [6, 6.07) is 3.25. The minimum atomic E-state index is -3.30. The molecule has 2 heterocycles. The van der Waals surface area contributed by atoms with Gasteiger partial charge in [0.15, 0.2) is 14.9 Å². The van der Waals surface area contributed by atoms with Gasteiger partial charge in [-0.3, -0.25) is 0 Å². The van der Waals surface area contributed by atoms with Crippen molar-refractivity contribution >= 4 is 22.2 Å². The normalized spacial score (nSPS) is 19.9. The number of aryl methyl sites for hydroxylation is 1. The fraction of sp³-hybridized carbons (Fsp3) is 0.600. The Labute approximate surface area is 107 Å². The predicted molar refractivity (Wildman–Crippen MR) is 67.1 cm³/mol. The van der Waals surface area contributed by atoms with Gasteiger partial charge in [-0.1, -0.05) is 0 Å². The highest BCUT2D eigenvalue weighted by Crippen LogP contribution is 2.13. The molecule has 17 heavy (non-hydrogen) atoms. The third-order valence-electron chi connectivity index (χ3n) is 2.68. The smallest absolute Gasteiger partial charge is 0.198 e. The van der Waals surface area contributed by atoms with Crippen LogP contribution in [0.25, 0.3) is 0 Å². The van der Waals surface area contributed by atoms with Gasteiger partial charge < -0.3 is 5.32 Å². The van der Waals surface area contributed by atoms with Crippen LogP contribution in [0.2, 0.25) is 0 Å². The van der Waals surface area contributed by atoms with Crippen molar-refractivity contribution in [1.82, 2.24) is 15.5 Å². The first-order valence-electron chi connectivity index (χ1n) is 5.34. The number of hydrogen-bond donors (Lipinski definition) is 1. The van der Waals surface area contributed by atoms with E-state index >= 15 is 0 Å². The summed E-state index contributed by atoms with van der Waals surface area (Å²) in [5.74, 6) is 0.116. The van der Waals surface area contributed by atoms with E-state index < -0.39 is 9.84 Å². The fourth-order valence-electron chi connectivity index (χ4n) is 1.80. The molecular weight excluding hydrogens is 262 g/mol. The van der Waals surface area contributed by atoms with Crippen LogP contribution in [0.15, 0.2) is 17.2 Å². The standard InChI is InChI=1S/C10H15N3O2S.ClH/c1-8-4-5-10(13-12-8)16(14,15)7-9-3-2-6-11-9;/h4-5,9,11H,2-3,6-7H2,1H3;1H. The molecule has 1 aliphatic heterocycles. The van der Waals surface area contributed by atoms with Crippen molar-refractivity contribution in [3.05, 3.63) is 17.8 Å². The Morgan fingerprint density at radius 3 is 2.71 bits per heavy atom. The molecule has 0 amide bonds. The topological polar surface area (TPSA) is 72.0 Å². The fourth-order valence-corrected chi connectivity index (χ4v) is 3.23. The lowest BCUT2D eigenvalue weighted by atomic mass is 10.3. The van der Waals surface area contributed by atoms with Crippen LogP contribution in [0.3, 0.4) is 0 Å². The monoisotopic (exact) mass is 277 g/mol. The number of nitrogens with one attached hydrogen (secondary N) is 1. The van der Waals surface area contributed by atoms with Gasteiger partial charge in [0.25, 0.3) is 0 Å². The molecule has 0 aromatic carbocycles. The summed E-state index contributed by atoms with van der Waals surface area (Å²) >= 11 is 0. The molecule has 0 bridgehead atoms. The highest BCUT2D eigenvalue weighted by Gasteiger charge is 2.24. The molecule has 96 valence electrons. The van der Waals surface area contributed by atoms with Gasteiger partial charge in [0.2, 0.25) is 0 Å². The van der Waals surface area contributed by atoms with E-state index in [-0.39, 0.29) is 29.2 Å². The van der Waals surface area contributed by atoms with Gasteiger partial charge in [-0.25, -0.2) is 8.42 Å². The van der Waals surface area contributed by atoms with Crippen molar-refractivity contribution in [1.29, 1.82) is 0 Å². The number of halogens is 1. The molecule has 0 radical (unpaired) electrons. The number of aromatic nitrogens is 2. The first-order chi connectivity index (χ1) is 7.58. The lowest BCUT2D eigenvalue weighted by molar-refractivity contribution is 0.571. The summed E-state index contributed by atoms with van der Waals surface area (Å²) < 4.78 is 23.9. The number of sulfone groups is 1.